The lowest BCUT2D eigenvalue weighted by atomic mass is 9.87. The average molecular weight is 615 g/mol. The number of nitrogens with one attached hydrogen (secondary N) is 2. The molecule has 0 saturated carbocycles. The molecule has 224 valence electrons. The van der Waals surface area contributed by atoms with Crippen LogP contribution in [0, 0.1) is 11.6 Å². The van der Waals surface area contributed by atoms with Crippen LogP contribution in [-0.2, 0) is 11.3 Å². The van der Waals surface area contributed by atoms with Crippen molar-refractivity contribution < 1.29 is 18.4 Å². The number of nitrogens with zero attached hydrogens (tertiary/aromatic N) is 3. The third kappa shape index (κ3) is 5.54. The molecule has 0 atom stereocenters. The van der Waals surface area contributed by atoms with E-state index in [1.807, 2.05) is 12.1 Å². The number of pyridine rings is 1. The van der Waals surface area contributed by atoms with Gasteiger partial charge in [-0.05, 0) is 84.1 Å². The maximum absolute atomic E-state index is 14.8. The Hall–Kier alpha value is -4.67. The first-order valence-electron chi connectivity index (χ1n) is 14.1. The van der Waals surface area contributed by atoms with Gasteiger partial charge in [0.25, 0.3) is 5.91 Å². The second-order valence-corrected chi connectivity index (χ2v) is 11.3. The van der Waals surface area contributed by atoms with Crippen molar-refractivity contribution in [2.45, 2.75) is 24.9 Å². The molecule has 44 heavy (non-hydrogen) atoms. The molecule has 3 heterocycles. The van der Waals surface area contributed by atoms with Crippen LogP contribution in [0.25, 0.3) is 11.1 Å². The lowest BCUT2D eigenvalue weighted by Gasteiger charge is -2.37. The van der Waals surface area contributed by atoms with Crippen LogP contribution in [0.15, 0.2) is 77.9 Å². The van der Waals surface area contributed by atoms with E-state index >= 15 is 0 Å². The van der Waals surface area contributed by atoms with Gasteiger partial charge in [-0.15, -0.1) is 0 Å². The van der Waals surface area contributed by atoms with Crippen molar-refractivity contribution in [2.24, 2.45) is 10.7 Å². The minimum atomic E-state index is -0.964. The molecule has 2 amide bonds. The van der Waals surface area contributed by atoms with Crippen LogP contribution in [0.5, 0.6) is 0 Å². The molecule has 4 aromatic rings. The van der Waals surface area contributed by atoms with E-state index in [1.165, 1.54) is 18.2 Å². The van der Waals surface area contributed by atoms with E-state index in [1.54, 1.807) is 54.5 Å². The number of amides is 2. The molecule has 4 N–H and O–H groups in total. The van der Waals surface area contributed by atoms with Crippen LogP contribution in [0.1, 0.15) is 39.9 Å². The zero-order chi connectivity index (χ0) is 31.0. The van der Waals surface area contributed by atoms with Gasteiger partial charge in [0.2, 0.25) is 5.91 Å². The Balaban J connectivity index is 1.23. The lowest BCUT2D eigenvalue weighted by molar-refractivity contribution is -0.127. The second kappa shape index (κ2) is 11.8. The topological polar surface area (TPSA) is 113 Å². The number of fused-ring (bicyclic) bond motifs is 3. The zero-order valence-corrected chi connectivity index (χ0v) is 24.6. The van der Waals surface area contributed by atoms with E-state index in [0.717, 1.165) is 11.1 Å². The average Bonchev–Trinajstić information content (AvgIpc) is 3.17. The first-order chi connectivity index (χ1) is 21.2. The highest BCUT2D eigenvalue weighted by Crippen LogP contribution is 2.36. The van der Waals surface area contributed by atoms with E-state index in [0.29, 0.717) is 59.1 Å². The SMILES string of the molecule is CNC(=O)C1(N)CCN(C(=O)c2ccc(Nc3cc4c(cn3)CN=C(c3c(F)cccc3F)c3cc(Cl)ccc3-4)cc2)CC1. The summed E-state index contributed by atoms with van der Waals surface area (Å²) in [5.74, 6) is -1.23. The maximum atomic E-state index is 14.8. The predicted octanol–water partition coefficient (Wildman–Crippen LogP) is 5.45. The molecule has 1 aromatic heterocycles. The Kier molecular flexibility index (Phi) is 7.87. The zero-order valence-electron chi connectivity index (χ0n) is 23.8. The van der Waals surface area contributed by atoms with Gasteiger partial charge < -0.3 is 21.3 Å². The number of aromatic nitrogens is 1. The van der Waals surface area contributed by atoms with Crippen molar-refractivity contribution >= 4 is 40.6 Å². The van der Waals surface area contributed by atoms with Crippen LogP contribution >= 0.6 is 11.6 Å². The summed E-state index contributed by atoms with van der Waals surface area (Å²) in [6.45, 7) is 0.951. The van der Waals surface area contributed by atoms with E-state index in [9.17, 15) is 18.4 Å². The molecule has 0 unspecified atom stereocenters. The summed E-state index contributed by atoms with van der Waals surface area (Å²) in [4.78, 5) is 36.1. The third-order valence-electron chi connectivity index (χ3n) is 8.15. The number of carbonyl (C=O) groups excluding carboxylic acids is 2. The summed E-state index contributed by atoms with van der Waals surface area (Å²) in [6.07, 6.45) is 2.46. The van der Waals surface area contributed by atoms with Crippen molar-refractivity contribution in [1.82, 2.24) is 15.2 Å². The number of piperidine rings is 1. The van der Waals surface area contributed by atoms with Gasteiger partial charge in [0.1, 0.15) is 17.5 Å². The van der Waals surface area contributed by atoms with Crippen LogP contribution in [0.2, 0.25) is 5.02 Å². The Morgan fingerprint density at radius 3 is 2.34 bits per heavy atom. The molecule has 8 nitrogen and oxygen atoms in total. The van der Waals surface area contributed by atoms with Crippen molar-refractivity contribution in [3.05, 3.63) is 112 Å². The normalized spacial score (nSPS) is 15.4. The number of anilines is 2. The van der Waals surface area contributed by atoms with Gasteiger partial charge in [-0.1, -0.05) is 23.7 Å². The number of carbonyl (C=O) groups is 2. The van der Waals surface area contributed by atoms with Crippen molar-refractivity contribution in [1.29, 1.82) is 0 Å². The third-order valence-corrected chi connectivity index (χ3v) is 8.38. The van der Waals surface area contributed by atoms with Gasteiger partial charge in [0.15, 0.2) is 0 Å². The molecule has 0 spiro atoms. The Bertz CT molecular complexity index is 1780. The van der Waals surface area contributed by atoms with E-state index < -0.39 is 17.2 Å². The first-order valence-corrected chi connectivity index (χ1v) is 14.5. The number of hydrogen-bond donors (Lipinski definition) is 3. The molecular formula is C33H29ClF2N6O2. The van der Waals surface area contributed by atoms with Gasteiger partial charge in [-0.25, -0.2) is 13.8 Å². The number of halogens is 3. The molecule has 1 saturated heterocycles. The van der Waals surface area contributed by atoms with E-state index in [2.05, 4.69) is 20.6 Å². The van der Waals surface area contributed by atoms with Crippen molar-refractivity contribution in [3.8, 4) is 11.1 Å². The number of likely N-dealkylation sites (N-methyl/N-ethyl adjacent to an activating group) is 1. The maximum Gasteiger partial charge on any atom is 0.253 e. The molecule has 2 aliphatic heterocycles. The van der Waals surface area contributed by atoms with Gasteiger partial charge in [0.05, 0.1) is 23.4 Å². The molecule has 3 aromatic carbocycles. The molecule has 2 aliphatic rings. The summed E-state index contributed by atoms with van der Waals surface area (Å²) in [5, 5.41) is 6.29. The van der Waals surface area contributed by atoms with Crippen molar-refractivity contribution in [2.75, 3.05) is 25.5 Å². The number of likely N-dealkylation sites (tertiary alicyclic amines) is 1. The summed E-state index contributed by atoms with van der Waals surface area (Å²) in [6, 6.07) is 17.8. The lowest BCUT2D eigenvalue weighted by Crippen LogP contribution is -2.59. The standard InChI is InChI=1S/C33H29ClF2N6O2/c1-38-32(44)33(37)11-13-42(14-12-33)31(43)19-5-8-22(9-6-19)41-28-16-24-20(17-39-28)18-40-30(25-15-21(34)7-10-23(24)25)29-26(35)3-2-4-27(29)36/h2-10,15-17H,11-14,18,37H2,1H3,(H,38,44)(H,39,41). The molecule has 0 radical (unpaired) electrons. The predicted molar refractivity (Wildman–Crippen MR) is 166 cm³/mol. The fourth-order valence-corrected chi connectivity index (χ4v) is 5.85. The number of nitrogens with two attached hydrogens (primary N) is 1. The molecule has 0 bridgehead atoms. The molecule has 11 heteroatoms. The summed E-state index contributed by atoms with van der Waals surface area (Å²) < 4.78 is 29.7. The molecular weight excluding hydrogens is 586 g/mol. The highest BCUT2D eigenvalue weighted by Gasteiger charge is 2.38. The fourth-order valence-electron chi connectivity index (χ4n) is 5.67. The Morgan fingerprint density at radius 2 is 1.66 bits per heavy atom. The van der Waals surface area contributed by atoms with Crippen LogP contribution in [0.4, 0.5) is 20.3 Å². The van der Waals surface area contributed by atoms with Crippen LogP contribution in [0.3, 0.4) is 0 Å². The first kappa shape index (κ1) is 29.4. The van der Waals surface area contributed by atoms with Gasteiger partial charge >= 0.3 is 0 Å². The number of benzene rings is 3. The second-order valence-electron chi connectivity index (χ2n) is 10.9. The van der Waals surface area contributed by atoms with Crippen molar-refractivity contribution in [3.63, 3.8) is 0 Å². The minimum absolute atomic E-state index is 0.129. The smallest absolute Gasteiger partial charge is 0.253 e. The number of hydrogen-bond acceptors (Lipinski definition) is 6. The minimum Gasteiger partial charge on any atom is -0.358 e. The highest BCUT2D eigenvalue weighted by atomic mass is 35.5. The van der Waals surface area contributed by atoms with Crippen LogP contribution in [-0.4, -0.2) is 53.1 Å². The summed E-state index contributed by atoms with van der Waals surface area (Å²) in [5.41, 5.74) is 9.29. The monoisotopic (exact) mass is 614 g/mol. The van der Waals surface area contributed by atoms with Crippen LogP contribution < -0.4 is 16.4 Å². The Morgan fingerprint density at radius 1 is 0.955 bits per heavy atom. The van der Waals surface area contributed by atoms with Gasteiger partial charge in [-0.2, -0.15) is 0 Å². The fraction of sp³-hybridized carbons (Fsp3) is 0.212. The van der Waals surface area contributed by atoms with E-state index in [-0.39, 0.29) is 29.6 Å². The van der Waals surface area contributed by atoms with Gasteiger partial charge in [0, 0.05) is 48.2 Å². The molecule has 0 aliphatic carbocycles. The quantitative estimate of drug-likeness (QED) is 0.277. The van der Waals surface area contributed by atoms with E-state index in [4.69, 9.17) is 17.3 Å². The number of aliphatic imine (C=N–C) groups is 1. The van der Waals surface area contributed by atoms with Gasteiger partial charge in [-0.3, -0.25) is 14.6 Å². The summed E-state index contributed by atoms with van der Waals surface area (Å²) in [7, 11) is 1.56. The molecule has 6 rings (SSSR count). The largest absolute Gasteiger partial charge is 0.358 e. The molecule has 1 fully saturated rings. The Labute approximate surface area is 258 Å². The summed E-state index contributed by atoms with van der Waals surface area (Å²) >= 11 is 6.33. The number of rotatable bonds is 5. The highest BCUT2D eigenvalue weighted by molar-refractivity contribution is 6.31.